The van der Waals surface area contributed by atoms with E-state index in [1.165, 1.54) is 5.56 Å². The van der Waals surface area contributed by atoms with Crippen molar-refractivity contribution in [3.63, 3.8) is 0 Å². The van der Waals surface area contributed by atoms with E-state index in [9.17, 15) is 25.5 Å². The SMILES string of the molecule is CCc1ccc(Cc2c(C)[nH]c3cccc(O[C@]4(O)[C@H](O)O[C@H](CO)[C@@H](O)[C@@H]4O)c23)cc1. The van der Waals surface area contributed by atoms with Crippen molar-refractivity contribution in [2.75, 3.05) is 6.61 Å². The molecule has 0 aliphatic carbocycles. The highest BCUT2D eigenvalue weighted by Gasteiger charge is 2.57. The average molecular weight is 443 g/mol. The van der Waals surface area contributed by atoms with E-state index < -0.39 is 37.0 Å². The van der Waals surface area contributed by atoms with Gasteiger partial charge in [0, 0.05) is 16.6 Å². The predicted octanol–water partition coefficient (Wildman–Crippen LogP) is 1.13. The summed E-state index contributed by atoms with van der Waals surface area (Å²) in [6.45, 7) is 3.40. The molecular weight excluding hydrogens is 414 g/mol. The number of hydrogen-bond acceptors (Lipinski definition) is 7. The van der Waals surface area contributed by atoms with Crippen LogP contribution in [-0.2, 0) is 17.6 Å². The summed E-state index contributed by atoms with van der Waals surface area (Å²) >= 11 is 0. The topological polar surface area (TPSA) is 135 Å². The molecule has 8 nitrogen and oxygen atoms in total. The summed E-state index contributed by atoms with van der Waals surface area (Å²) in [4.78, 5) is 3.31. The van der Waals surface area contributed by atoms with Crippen LogP contribution in [0.2, 0.25) is 0 Å². The number of benzene rings is 2. The van der Waals surface area contributed by atoms with E-state index >= 15 is 0 Å². The number of aromatic nitrogens is 1. The molecule has 0 bridgehead atoms. The molecule has 0 radical (unpaired) electrons. The summed E-state index contributed by atoms with van der Waals surface area (Å²) in [5.74, 6) is -2.42. The Morgan fingerprint density at radius 3 is 2.41 bits per heavy atom. The zero-order valence-corrected chi connectivity index (χ0v) is 18.0. The van der Waals surface area contributed by atoms with Gasteiger partial charge in [0.15, 0.2) is 6.10 Å². The van der Waals surface area contributed by atoms with Crippen LogP contribution in [0.15, 0.2) is 42.5 Å². The number of hydrogen-bond donors (Lipinski definition) is 6. The van der Waals surface area contributed by atoms with Crippen molar-refractivity contribution in [2.45, 2.75) is 57.1 Å². The molecule has 1 fully saturated rings. The lowest BCUT2D eigenvalue weighted by Gasteiger charge is -2.45. The summed E-state index contributed by atoms with van der Waals surface area (Å²) in [6.07, 6.45) is -5.25. The minimum Gasteiger partial charge on any atom is -0.454 e. The molecule has 5 atom stereocenters. The number of rotatable bonds is 6. The summed E-state index contributed by atoms with van der Waals surface area (Å²) in [7, 11) is 0. The maximum atomic E-state index is 11.0. The van der Waals surface area contributed by atoms with Crippen molar-refractivity contribution in [3.8, 4) is 5.75 Å². The van der Waals surface area contributed by atoms with Gasteiger partial charge in [-0.1, -0.05) is 37.3 Å². The third kappa shape index (κ3) is 3.90. The molecule has 4 rings (SSSR count). The Bertz CT molecular complexity index is 1080. The van der Waals surface area contributed by atoms with E-state index in [1.807, 2.05) is 13.0 Å². The molecule has 2 heterocycles. The molecule has 0 spiro atoms. The molecule has 3 aromatic rings. The zero-order valence-electron chi connectivity index (χ0n) is 18.0. The van der Waals surface area contributed by atoms with Gasteiger partial charge in [0.25, 0.3) is 5.79 Å². The molecule has 8 heteroatoms. The van der Waals surface area contributed by atoms with E-state index in [0.29, 0.717) is 11.8 Å². The van der Waals surface area contributed by atoms with Crippen molar-refractivity contribution >= 4 is 10.9 Å². The quantitative estimate of drug-likeness (QED) is 0.314. The third-order valence-electron chi connectivity index (χ3n) is 6.15. The second-order valence-corrected chi connectivity index (χ2v) is 8.25. The van der Waals surface area contributed by atoms with Gasteiger partial charge in [-0.15, -0.1) is 0 Å². The van der Waals surface area contributed by atoms with Gasteiger partial charge in [0.05, 0.1) is 6.61 Å². The number of ether oxygens (including phenoxy) is 2. The maximum absolute atomic E-state index is 11.0. The van der Waals surface area contributed by atoms with Crippen LogP contribution >= 0.6 is 0 Å². The molecule has 1 aliphatic heterocycles. The number of nitrogens with one attached hydrogen (secondary N) is 1. The van der Waals surface area contributed by atoms with Gasteiger partial charge in [-0.25, -0.2) is 0 Å². The number of fused-ring (bicyclic) bond motifs is 1. The molecule has 1 aromatic heterocycles. The molecule has 1 saturated heterocycles. The first-order valence-corrected chi connectivity index (χ1v) is 10.7. The minimum atomic E-state index is -2.63. The van der Waals surface area contributed by atoms with Crippen molar-refractivity contribution in [1.82, 2.24) is 4.98 Å². The second kappa shape index (κ2) is 8.82. The van der Waals surface area contributed by atoms with Crippen LogP contribution in [-0.4, -0.2) is 67.5 Å². The lowest BCUT2D eigenvalue weighted by Crippen LogP contribution is -2.69. The van der Waals surface area contributed by atoms with E-state index in [0.717, 1.165) is 28.8 Å². The van der Waals surface area contributed by atoms with E-state index in [2.05, 4.69) is 36.2 Å². The van der Waals surface area contributed by atoms with Crippen LogP contribution in [0.4, 0.5) is 0 Å². The smallest absolute Gasteiger partial charge is 0.288 e. The van der Waals surface area contributed by atoms with Gasteiger partial charge >= 0.3 is 0 Å². The number of H-pyrrole nitrogens is 1. The fourth-order valence-corrected chi connectivity index (χ4v) is 4.19. The van der Waals surface area contributed by atoms with Gasteiger partial charge in [-0.2, -0.15) is 0 Å². The van der Waals surface area contributed by atoms with Gasteiger partial charge in [0.2, 0.25) is 6.29 Å². The van der Waals surface area contributed by atoms with E-state index in [1.54, 1.807) is 12.1 Å². The van der Waals surface area contributed by atoms with Crippen molar-refractivity contribution in [1.29, 1.82) is 0 Å². The van der Waals surface area contributed by atoms with Gasteiger partial charge < -0.3 is 40.0 Å². The first kappa shape index (κ1) is 22.7. The monoisotopic (exact) mass is 443 g/mol. The highest BCUT2D eigenvalue weighted by molar-refractivity contribution is 5.91. The summed E-state index contributed by atoms with van der Waals surface area (Å²) in [5.41, 5.74) is 4.97. The summed E-state index contributed by atoms with van der Waals surface area (Å²) in [5, 5.41) is 51.9. The highest BCUT2D eigenvalue weighted by Crippen LogP contribution is 2.38. The molecule has 2 aromatic carbocycles. The number of aliphatic hydroxyl groups is 5. The Balaban J connectivity index is 1.72. The summed E-state index contributed by atoms with van der Waals surface area (Å²) < 4.78 is 10.8. The standard InChI is InChI=1S/C24H29NO7/c1-3-14-7-9-15(10-8-14)11-16-13(2)25-17-5-4-6-18(20(16)17)32-24(30)22(28)21(27)19(12-26)31-23(24)29/h4-10,19,21-23,25-30H,3,11-12H2,1-2H3/t19-,21-,22+,23-,24+/m1/s1. The van der Waals surface area contributed by atoms with Crippen LogP contribution in [0, 0.1) is 6.92 Å². The van der Waals surface area contributed by atoms with Gasteiger partial charge in [0.1, 0.15) is 18.0 Å². The van der Waals surface area contributed by atoms with E-state index in [-0.39, 0.29) is 5.75 Å². The third-order valence-corrected chi connectivity index (χ3v) is 6.15. The largest absolute Gasteiger partial charge is 0.454 e. The maximum Gasteiger partial charge on any atom is 0.288 e. The van der Waals surface area contributed by atoms with Crippen LogP contribution in [0.3, 0.4) is 0 Å². The Labute approximate surface area is 185 Å². The van der Waals surface area contributed by atoms with Crippen LogP contribution in [0.1, 0.15) is 29.3 Å². The molecular formula is C24H29NO7. The molecule has 6 N–H and O–H groups in total. The van der Waals surface area contributed by atoms with Gasteiger partial charge in [-0.05, 0) is 48.6 Å². The molecule has 32 heavy (non-hydrogen) atoms. The van der Waals surface area contributed by atoms with Crippen molar-refractivity contribution in [2.24, 2.45) is 0 Å². The Hall–Kier alpha value is -2.46. The minimum absolute atomic E-state index is 0.214. The first-order valence-electron chi connectivity index (χ1n) is 10.7. The Kier molecular flexibility index (Phi) is 6.26. The normalized spacial score (nSPS) is 28.2. The number of aliphatic hydroxyl groups excluding tert-OH is 4. The molecule has 0 unspecified atom stereocenters. The first-order chi connectivity index (χ1) is 15.3. The van der Waals surface area contributed by atoms with Crippen molar-refractivity contribution in [3.05, 3.63) is 64.8 Å². The van der Waals surface area contributed by atoms with Gasteiger partial charge in [-0.3, -0.25) is 0 Å². The fraction of sp³-hybridized carbons (Fsp3) is 0.417. The molecule has 0 amide bonds. The number of aromatic amines is 1. The summed E-state index contributed by atoms with van der Waals surface area (Å²) in [6, 6.07) is 13.5. The Morgan fingerprint density at radius 2 is 1.75 bits per heavy atom. The highest BCUT2D eigenvalue weighted by atomic mass is 16.7. The fourth-order valence-electron chi connectivity index (χ4n) is 4.19. The molecule has 172 valence electrons. The van der Waals surface area contributed by atoms with Crippen LogP contribution in [0.5, 0.6) is 5.75 Å². The molecule has 0 saturated carbocycles. The zero-order chi connectivity index (χ0) is 23.0. The van der Waals surface area contributed by atoms with Crippen molar-refractivity contribution < 1.29 is 35.0 Å². The predicted molar refractivity (Wildman–Crippen MR) is 117 cm³/mol. The lowest BCUT2D eigenvalue weighted by molar-refractivity contribution is -0.385. The Morgan fingerprint density at radius 1 is 1.06 bits per heavy atom. The van der Waals surface area contributed by atoms with E-state index in [4.69, 9.17) is 9.47 Å². The molecule has 1 aliphatic rings. The lowest BCUT2D eigenvalue weighted by atomic mass is 9.95. The van der Waals surface area contributed by atoms with Crippen LogP contribution < -0.4 is 4.74 Å². The average Bonchev–Trinajstić information content (AvgIpc) is 3.11. The van der Waals surface area contributed by atoms with Crippen LogP contribution in [0.25, 0.3) is 10.9 Å². The second-order valence-electron chi connectivity index (χ2n) is 8.25. The number of aryl methyl sites for hydroxylation is 2.